The number of nitrogens with one attached hydrogen (secondary N) is 2. The van der Waals surface area contributed by atoms with Crippen molar-refractivity contribution in [2.45, 2.75) is 31.9 Å². The molecule has 0 saturated carbocycles. The summed E-state index contributed by atoms with van der Waals surface area (Å²) in [4.78, 5) is 22.4. The molecule has 1 aliphatic heterocycles. The fourth-order valence-electron chi connectivity index (χ4n) is 2.38. The van der Waals surface area contributed by atoms with Gasteiger partial charge in [-0.3, -0.25) is 0 Å². The number of benzene rings is 1. The van der Waals surface area contributed by atoms with Gasteiger partial charge in [-0.25, -0.2) is 9.59 Å². The smallest absolute Gasteiger partial charge is 0.335 e. The van der Waals surface area contributed by atoms with Crippen LogP contribution in [0.15, 0.2) is 24.3 Å². The van der Waals surface area contributed by atoms with Crippen molar-refractivity contribution in [2.24, 2.45) is 0 Å². The van der Waals surface area contributed by atoms with E-state index in [-0.39, 0.29) is 17.7 Å². The molecule has 1 aromatic carbocycles. The molecule has 0 spiro atoms. The lowest BCUT2D eigenvalue weighted by atomic mass is 10.1. The lowest BCUT2D eigenvalue weighted by Gasteiger charge is -2.11. The molecule has 3 N–H and O–H groups in total. The Morgan fingerprint density at radius 1 is 1.25 bits per heavy atom. The van der Waals surface area contributed by atoms with Gasteiger partial charge in [-0.15, -0.1) is 0 Å². The fraction of sp³-hybridized carbons (Fsp3) is 0.529. The van der Waals surface area contributed by atoms with Crippen LogP contribution in [0.4, 0.5) is 4.79 Å². The van der Waals surface area contributed by atoms with Gasteiger partial charge < -0.3 is 25.2 Å². The number of urea groups is 1. The second-order valence-electron chi connectivity index (χ2n) is 5.68. The van der Waals surface area contributed by atoms with E-state index in [0.29, 0.717) is 26.3 Å². The highest BCUT2D eigenvalue weighted by molar-refractivity contribution is 5.87. The van der Waals surface area contributed by atoms with E-state index >= 15 is 0 Å². The van der Waals surface area contributed by atoms with Gasteiger partial charge in [-0.05, 0) is 37.0 Å². The predicted octanol–water partition coefficient (Wildman–Crippen LogP) is 1.77. The largest absolute Gasteiger partial charge is 0.478 e. The average molecular weight is 336 g/mol. The number of hydrogen-bond donors (Lipinski definition) is 3. The number of rotatable bonds is 9. The van der Waals surface area contributed by atoms with Gasteiger partial charge in [0, 0.05) is 26.3 Å². The average Bonchev–Trinajstić information content (AvgIpc) is 3.10. The van der Waals surface area contributed by atoms with E-state index in [1.54, 1.807) is 12.1 Å². The molecule has 0 bridgehead atoms. The normalized spacial score (nSPS) is 16.8. The number of carbonyl (C=O) groups is 2. The van der Waals surface area contributed by atoms with E-state index in [2.05, 4.69) is 10.6 Å². The monoisotopic (exact) mass is 336 g/mol. The Labute approximate surface area is 141 Å². The third-order valence-corrected chi connectivity index (χ3v) is 3.73. The van der Waals surface area contributed by atoms with E-state index < -0.39 is 5.97 Å². The number of aromatic carboxylic acids is 1. The summed E-state index contributed by atoms with van der Waals surface area (Å²) in [5.41, 5.74) is 1.07. The highest BCUT2D eigenvalue weighted by atomic mass is 16.5. The molecular formula is C17H24N2O5. The number of hydrogen-bond acceptors (Lipinski definition) is 4. The summed E-state index contributed by atoms with van der Waals surface area (Å²) in [7, 11) is 0. The molecule has 2 amide bonds. The number of carboxylic acid groups (broad SMARTS) is 1. The summed E-state index contributed by atoms with van der Waals surface area (Å²) in [5.74, 6) is -0.964. The van der Waals surface area contributed by atoms with Crippen LogP contribution in [0.3, 0.4) is 0 Å². The number of ether oxygens (including phenoxy) is 2. The SMILES string of the molecule is O=C(NCCCOCC1CCCO1)NCc1ccc(C(=O)O)cc1. The standard InChI is InChI=1S/C17H24N2O5/c20-16(21)14-6-4-13(5-7-14)11-19-17(22)18-8-2-9-23-12-15-3-1-10-24-15/h4-7,15H,1-3,8-12H2,(H,20,21)(H2,18,19,22). The maximum Gasteiger partial charge on any atom is 0.335 e. The zero-order chi connectivity index (χ0) is 17.2. The van der Waals surface area contributed by atoms with Crippen LogP contribution in [0, 0.1) is 0 Å². The van der Waals surface area contributed by atoms with Crippen molar-refractivity contribution in [3.63, 3.8) is 0 Å². The van der Waals surface area contributed by atoms with Crippen molar-refractivity contribution in [1.29, 1.82) is 0 Å². The molecule has 0 aromatic heterocycles. The lowest BCUT2D eigenvalue weighted by molar-refractivity contribution is 0.0168. The summed E-state index contributed by atoms with van der Waals surface area (Å²) < 4.78 is 11.0. The highest BCUT2D eigenvalue weighted by Crippen LogP contribution is 2.11. The minimum absolute atomic E-state index is 0.228. The van der Waals surface area contributed by atoms with E-state index in [1.165, 1.54) is 12.1 Å². The topological polar surface area (TPSA) is 96.9 Å². The van der Waals surface area contributed by atoms with Crippen LogP contribution in [-0.2, 0) is 16.0 Å². The van der Waals surface area contributed by atoms with Gasteiger partial charge in [-0.2, -0.15) is 0 Å². The maximum atomic E-state index is 11.7. The van der Waals surface area contributed by atoms with Crippen molar-refractivity contribution in [3.8, 4) is 0 Å². The van der Waals surface area contributed by atoms with Crippen LogP contribution < -0.4 is 10.6 Å². The first-order chi connectivity index (χ1) is 11.6. The van der Waals surface area contributed by atoms with Gasteiger partial charge in [0.2, 0.25) is 0 Å². The van der Waals surface area contributed by atoms with Gasteiger partial charge in [0.25, 0.3) is 0 Å². The van der Waals surface area contributed by atoms with Crippen LogP contribution in [-0.4, -0.2) is 49.6 Å². The van der Waals surface area contributed by atoms with Crippen LogP contribution >= 0.6 is 0 Å². The van der Waals surface area contributed by atoms with Crippen LogP contribution in [0.2, 0.25) is 0 Å². The molecule has 7 nitrogen and oxygen atoms in total. The van der Waals surface area contributed by atoms with Gasteiger partial charge in [0.1, 0.15) is 0 Å². The third kappa shape index (κ3) is 6.55. The molecule has 24 heavy (non-hydrogen) atoms. The Hall–Kier alpha value is -2.12. The van der Waals surface area contributed by atoms with Gasteiger partial charge in [-0.1, -0.05) is 12.1 Å². The molecule has 0 radical (unpaired) electrons. The van der Waals surface area contributed by atoms with E-state index in [0.717, 1.165) is 31.4 Å². The van der Waals surface area contributed by atoms with Crippen molar-refractivity contribution in [1.82, 2.24) is 10.6 Å². The molecule has 132 valence electrons. The van der Waals surface area contributed by atoms with Crippen molar-refractivity contribution in [3.05, 3.63) is 35.4 Å². The van der Waals surface area contributed by atoms with Crippen LogP contribution in [0.1, 0.15) is 35.2 Å². The quantitative estimate of drug-likeness (QED) is 0.597. The minimum atomic E-state index is -0.964. The van der Waals surface area contributed by atoms with Gasteiger partial charge in [0.15, 0.2) is 0 Å². The Kier molecular flexibility index (Phi) is 7.51. The molecule has 1 aromatic rings. The summed E-state index contributed by atoms with van der Waals surface area (Å²) >= 11 is 0. The maximum absolute atomic E-state index is 11.7. The Morgan fingerprint density at radius 2 is 2.04 bits per heavy atom. The minimum Gasteiger partial charge on any atom is -0.478 e. The molecule has 1 unspecified atom stereocenters. The Bertz CT molecular complexity index is 526. The summed E-state index contributed by atoms with van der Waals surface area (Å²) in [6, 6.07) is 6.15. The molecule has 1 fully saturated rings. The first kappa shape index (κ1) is 18.2. The predicted molar refractivity (Wildman–Crippen MR) is 88.0 cm³/mol. The molecule has 1 heterocycles. The number of carbonyl (C=O) groups excluding carboxylic acids is 1. The van der Waals surface area contributed by atoms with Crippen LogP contribution in [0.5, 0.6) is 0 Å². The van der Waals surface area contributed by atoms with Gasteiger partial charge in [0.05, 0.1) is 18.3 Å². The molecule has 1 saturated heterocycles. The van der Waals surface area contributed by atoms with Crippen molar-refractivity contribution in [2.75, 3.05) is 26.4 Å². The molecule has 0 aliphatic carbocycles. The molecule has 7 heteroatoms. The first-order valence-electron chi connectivity index (χ1n) is 8.18. The summed E-state index contributed by atoms with van der Waals surface area (Å²) in [6.45, 7) is 2.93. The highest BCUT2D eigenvalue weighted by Gasteiger charge is 2.14. The fourth-order valence-corrected chi connectivity index (χ4v) is 2.38. The number of carboxylic acids is 1. The van der Waals surface area contributed by atoms with Crippen LogP contribution in [0.25, 0.3) is 0 Å². The van der Waals surface area contributed by atoms with E-state index in [1.807, 2.05) is 0 Å². The lowest BCUT2D eigenvalue weighted by Crippen LogP contribution is -2.35. The molecule has 1 aliphatic rings. The molecule has 2 rings (SSSR count). The zero-order valence-corrected chi connectivity index (χ0v) is 13.6. The third-order valence-electron chi connectivity index (χ3n) is 3.73. The van der Waals surface area contributed by atoms with Crippen molar-refractivity contribution < 1.29 is 24.2 Å². The first-order valence-corrected chi connectivity index (χ1v) is 8.18. The second-order valence-corrected chi connectivity index (χ2v) is 5.68. The zero-order valence-electron chi connectivity index (χ0n) is 13.6. The summed E-state index contributed by atoms with van der Waals surface area (Å²) in [6.07, 6.45) is 3.14. The molecular weight excluding hydrogens is 312 g/mol. The van der Waals surface area contributed by atoms with E-state index in [9.17, 15) is 9.59 Å². The Morgan fingerprint density at radius 3 is 2.71 bits per heavy atom. The van der Waals surface area contributed by atoms with Crippen molar-refractivity contribution >= 4 is 12.0 Å². The molecule has 1 atom stereocenters. The number of amides is 2. The van der Waals surface area contributed by atoms with E-state index in [4.69, 9.17) is 14.6 Å². The Balaban J connectivity index is 1.50. The second kappa shape index (κ2) is 9.89. The summed E-state index contributed by atoms with van der Waals surface area (Å²) in [5, 5.41) is 14.3. The van der Waals surface area contributed by atoms with Gasteiger partial charge >= 0.3 is 12.0 Å².